The lowest BCUT2D eigenvalue weighted by Gasteiger charge is -2.62. The fourth-order valence-corrected chi connectivity index (χ4v) is 22.3. The van der Waals surface area contributed by atoms with Crippen LogP contribution in [0.4, 0.5) is 0 Å². The molecule has 0 aromatic rings. The molecule has 0 N–H and O–H groups in total. The van der Waals surface area contributed by atoms with E-state index in [2.05, 4.69) is 303 Å². The minimum atomic E-state index is -0.991. The summed E-state index contributed by atoms with van der Waals surface area (Å²) in [6.07, 6.45) is 0. The summed E-state index contributed by atoms with van der Waals surface area (Å²) in [6.45, 7) is 0. The molecule has 1 fully saturated rings. The van der Waals surface area contributed by atoms with E-state index in [9.17, 15) is 0 Å². The molecule has 0 aliphatic heterocycles. The maximum atomic E-state index is 3.87. The van der Waals surface area contributed by atoms with Crippen LogP contribution in [0.1, 0.15) is 0 Å². The molecule has 0 amide bonds. The molecule has 0 spiro atoms. The summed E-state index contributed by atoms with van der Waals surface area (Å²) in [5, 5.41) is 0. The molecule has 0 aromatic carbocycles. The first-order chi connectivity index (χ1) is 12.2. The zero-order valence-electron chi connectivity index (χ0n) is 12.2. The van der Waals surface area contributed by atoms with Gasteiger partial charge in [0.1, 0.15) is 33.9 Å². The van der Waals surface area contributed by atoms with Crippen LogP contribution in [-0.2, 0) is 0 Å². The standard InChI is InChI=1S/C10Br19/c11-1-2(12,13)4(16,17)6(20,21)8(24,25)10(28,29)9(26,27)7(22,23)5(18,19)3(1,14)15. The lowest BCUT2D eigenvalue weighted by atomic mass is 9.98. The van der Waals surface area contributed by atoms with Crippen molar-refractivity contribution in [3.05, 3.63) is 4.83 Å². The van der Waals surface area contributed by atoms with E-state index < -0.39 is 29.1 Å². The van der Waals surface area contributed by atoms with Crippen molar-refractivity contribution >= 4 is 303 Å². The fraction of sp³-hybridized carbons (Fsp3) is 0.900. The molecule has 0 unspecified atom stereocenters. The molecule has 29 heavy (non-hydrogen) atoms. The molecule has 0 heterocycles. The molecule has 1 aliphatic rings. The highest BCUT2D eigenvalue weighted by Gasteiger charge is 2.82. The van der Waals surface area contributed by atoms with Gasteiger partial charge in [0.15, 0.2) is 0 Å². The summed E-state index contributed by atoms with van der Waals surface area (Å²) < 4.78 is -8.73. The first kappa shape index (κ1) is 36.1. The van der Waals surface area contributed by atoms with E-state index in [0.29, 0.717) is 4.83 Å². The molecule has 1 rings (SSSR count). The van der Waals surface area contributed by atoms with Crippen LogP contribution in [-0.4, -0.2) is 29.1 Å². The number of halogens is 19. The molecule has 0 aromatic heterocycles. The zero-order chi connectivity index (χ0) is 24.1. The van der Waals surface area contributed by atoms with Gasteiger partial charge in [0.25, 0.3) is 0 Å². The van der Waals surface area contributed by atoms with Gasteiger partial charge in [0.2, 0.25) is 0 Å². The van der Waals surface area contributed by atoms with Crippen molar-refractivity contribution < 1.29 is 0 Å². The first-order valence-electron chi connectivity index (χ1n) is 6.09. The molecule has 0 saturated heterocycles. The Morgan fingerprint density at radius 3 is 0.586 bits per heavy atom. The highest BCUT2D eigenvalue weighted by Crippen LogP contribution is 2.82. The van der Waals surface area contributed by atoms with Gasteiger partial charge >= 0.3 is 0 Å². The number of hydrogen-bond acceptors (Lipinski definition) is 0. The molecule has 0 bridgehead atoms. The van der Waals surface area contributed by atoms with Crippen LogP contribution in [0.2, 0.25) is 0 Å². The minimum Gasteiger partial charge on any atom is -0.0785 e. The van der Waals surface area contributed by atoms with Crippen LogP contribution in [0.5, 0.6) is 0 Å². The van der Waals surface area contributed by atoms with E-state index >= 15 is 0 Å². The maximum Gasteiger partial charge on any atom is 0.135 e. The second-order valence-electron chi connectivity index (χ2n) is 5.48. The lowest BCUT2D eigenvalue weighted by molar-refractivity contribution is 0.534. The van der Waals surface area contributed by atoms with Gasteiger partial charge in [-0.05, 0) is 0 Å². The van der Waals surface area contributed by atoms with Gasteiger partial charge in [0.05, 0.1) is 0 Å². The summed E-state index contributed by atoms with van der Waals surface area (Å²) in [5.74, 6) is 0. The SMILES string of the molecule is Br[C]1C(Br)(Br)C(Br)(Br)C(Br)(Br)C(Br)(Br)C(Br)(Br)C(Br)(Br)C(Br)(Br)C(Br)(Br)C1(Br)Br. The van der Waals surface area contributed by atoms with Gasteiger partial charge in [-0.15, -0.1) is 0 Å². The monoisotopic (exact) mass is 1620 g/mol. The second kappa shape index (κ2) is 11.1. The van der Waals surface area contributed by atoms with Crippen LogP contribution >= 0.6 is 303 Å². The molecule has 1 aliphatic carbocycles. The van der Waals surface area contributed by atoms with Crippen molar-refractivity contribution in [2.24, 2.45) is 0 Å². The highest BCUT2D eigenvalue weighted by atomic mass is 80.0. The van der Waals surface area contributed by atoms with Gasteiger partial charge in [0, 0.05) is 0 Å². The van der Waals surface area contributed by atoms with Gasteiger partial charge in [-0.1, -0.05) is 303 Å². The van der Waals surface area contributed by atoms with Crippen molar-refractivity contribution in [3.8, 4) is 0 Å². The van der Waals surface area contributed by atoms with E-state index in [1.54, 1.807) is 0 Å². The van der Waals surface area contributed by atoms with Crippen molar-refractivity contribution in [2.75, 3.05) is 0 Å². The Bertz CT molecular complexity index is 602. The second-order valence-corrected chi connectivity index (χ2v) is 37.3. The summed E-state index contributed by atoms with van der Waals surface area (Å²) in [4.78, 5) is 0.704. The molecule has 173 valence electrons. The van der Waals surface area contributed by atoms with Gasteiger partial charge in [-0.25, -0.2) is 0 Å². The highest BCUT2D eigenvalue weighted by molar-refractivity contribution is 9.38. The number of rotatable bonds is 0. The first-order valence-corrected chi connectivity index (χ1v) is 21.2. The van der Waals surface area contributed by atoms with Gasteiger partial charge in [-0.3, -0.25) is 0 Å². The largest absolute Gasteiger partial charge is 0.135 e. The van der Waals surface area contributed by atoms with E-state index in [0.717, 1.165) is 0 Å². The average molecular weight is 1640 g/mol. The third-order valence-corrected chi connectivity index (χ3v) is 44.7. The van der Waals surface area contributed by atoms with Crippen molar-refractivity contribution in [1.29, 1.82) is 0 Å². The summed E-state index contributed by atoms with van der Waals surface area (Å²) in [6, 6.07) is 0. The number of hydrogen-bond donors (Lipinski definition) is 0. The molecular weight excluding hydrogens is 1640 g/mol. The quantitative estimate of drug-likeness (QED) is 0.212. The maximum absolute atomic E-state index is 3.87. The van der Waals surface area contributed by atoms with E-state index in [1.807, 2.05) is 0 Å². The Kier molecular flexibility index (Phi) is 13.8. The Balaban J connectivity index is 4.23. The van der Waals surface area contributed by atoms with E-state index in [1.165, 1.54) is 0 Å². The van der Waals surface area contributed by atoms with Gasteiger partial charge < -0.3 is 0 Å². The van der Waals surface area contributed by atoms with Crippen LogP contribution in [0.25, 0.3) is 0 Å². The zero-order valence-corrected chi connectivity index (χ0v) is 42.3. The molecule has 19 heteroatoms. The smallest absolute Gasteiger partial charge is 0.0785 e. The fourth-order valence-electron chi connectivity index (χ4n) is 1.85. The van der Waals surface area contributed by atoms with Crippen molar-refractivity contribution in [3.63, 3.8) is 0 Å². The predicted octanol–water partition coefficient (Wildman–Crippen LogP) is 14.3. The van der Waals surface area contributed by atoms with Crippen LogP contribution in [0, 0.1) is 4.83 Å². The summed E-state index contributed by atoms with van der Waals surface area (Å²) >= 11 is 73.2. The number of alkyl halides is 18. The molecule has 1 saturated carbocycles. The molecule has 1 radical (unpaired) electrons. The topological polar surface area (TPSA) is 0 Å². The van der Waals surface area contributed by atoms with Crippen LogP contribution in [0.15, 0.2) is 0 Å². The van der Waals surface area contributed by atoms with Crippen molar-refractivity contribution in [2.45, 2.75) is 29.1 Å². The Morgan fingerprint density at radius 1 is 0.276 bits per heavy atom. The normalized spacial score (nSPS) is 33.6. The van der Waals surface area contributed by atoms with E-state index in [-0.39, 0.29) is 0 Å². The predicted molar refractivity (Wildman–Crippen MR) is 197 cm³/mol. The Labute approximate surface area is 329 Å². The Morgan fingerprint density at radius 2 is 0.414 bits per heavy atom. The van der Waals surface area contributed by atoms with Crippen LogP contribution < -0.4 is 0 Å². The summed E-state index contributed by atoms with van der Waals surface area (Å²) in [7, 11) is 0. The molecule has 0 atom stereocenters. The lowest BCUT2D eigenvalue weighted by Crippen LogP contribution is -2.73. The molecular formula is C10Br19. The minimum absolute atomic E-state index is 0.704. The summed E-state index contributed by atoms with van der Waals surface area (Å²) in [5.41, 5.74) is 0. The van der Waals surface area contributed by atoms with Crippen LogP contribution in [0.3, 0.4) is 0 Å². The molecule has 0 nitrogen and oxygen atoms in total. The average Bonchev–Trinajstić information content (AvgIpc) is 2.51. The third kappa shape index (κ3) is 5.28. The Hall–Kier alpha value is 9.12. The third-order valence-electron chi connectivity index (χ3n) is 3.71. The van der Waals surface area contributed by atoms with Gasteiger partial charge in [-0.2, -0.15) is 0 Å². The van der Waals surface area contributed by atoms with E-state index in [4.69, 9.17) is 0 Å². The van der Waals surface area contributed by atoms with Crippen molar-refractivity contribution in [1.82, 2.24) is 0 Å².